The molecule has 25 heavy (non-hydrogen) atoms. The Morgan fingerprint density at radius 1 is 1.36 bits per heavy atom. The lowest BCUT2D eigenvalue weighted by molar-refractivity contribution is -0.136. The maximum absolute atomic E-state index is 12.3. The van der Waals surface area contributed by atoms with Gasteiger partial charge in [-0.15, -0.1) is 0 Å². The van der Waals surface area contributed by atoms with E-state index in [2.05, 4.69) is 0 Å². The number of amides is 1. The molecule has 138 valence electrons. The van der Waals surface area contributed by atoms with Crippen LogP contribution in [0.3, 0.4) is 0 Å². The van der Waals surface area contributed by atoms with Gasteiger partial charge in [0.15, 0.2) is 27.9 Å². The van der Waals surface area contributed by atoms with Gasteiger partial charge in [-0.1, -0.05) is 6.07 Å². The Morgan fingerprint density at radius 3 is 2.64 bits per heavy atom. The molecule has 1 saturated heterocycles. The number of sulfone groups is 1. The van der Waals surface area contributed by atoms with Crippen molar-refractivity contribution in [3.8, 4) is 11.5 Å². The number of hydrogen-bond acceptors (Lipinski definition) is 7. The molecule has 1 atom stereocenters. The molecule has 1 amide bonds. The number of rotatable bonds is 6. The van der Waals surface area contributed by atoms with Crippen molar-refractivity contribution in [2.75, 3.05) is 31.8 Å². The van der Waals surface area contributed by atoms with Crippen LogP contribution in [0.5, 0.6) is 11.5 Å². The molecule has 0 aromatic heterocycles. The minimum atomic E-state index is -3.12. The first-order chi connectivity index (χ1) is 11.8. The summed E-state index contributed by atoms with van der Waals surface area (Å²) in [7, 11) is -1.77. The zero-order valence-electron chi connectivity index (χ0n) is 14.1. The number of para-hydroxylation sites is 1. The molecule has 0 aliphatic carbocycles. The predicted molar refractivity (Wildman–Crippen MR) is 89.4 cm³/mol. The molecule has 0 saturated carbocycles. The van der Waals surface area contributed by atoms with Crippen LogP contribution in [-0.4, -0.2) is 68.1 Å². The predicted octanol–water partition coefficient (Wildman–Crippen LogP) is 0.593. The Hall–Kier alpha value is -2.29. The number of carbonyl (C=O) groups excluding carboxylic acids is 2. The molecular weight excluding hydrogens is 350 g/mol. The van der Waals surface area contributed by atoms with Gasteiger partial charge >= 0.3 is 5.97 Å². The van der Waals surface area contributed by atoms with Crippen molar-refractivity contribution in [3.05, 3.63) is 23.8 Å². The van der Waals surface area contributed by atoms with Gasteiger partial charge < -0.3 is 19.5 Å². The van der Waals surface area contributed by atoms with Crippen molar-refractivity contribution < 1.29 is 32.6 Å². The van der Waals surface area contributed by atoms with Crippen LogP contribution in [-0.2, 0) is 19.4 Å². The summed E-state index contributed by atoms with van der Waals surface area (Å²) in [5.74, 6) is -1.60. The number of ether oxygens (including phenoxy) is 2. The lowest BCUT2D eigenvalue weighted by Gasteiger charge is -2.26. The number of hydrogen-bond donors (Lipinski definition) is 1. The van der Waals surface area contributed by atoms with E-state index in [1.807, 2.05) is 0 Å². The molecule has 8 nitrogen and oxygen atoms in total. The average molecular weight is 371 g/mol. The second-order valence-corrected chi connectivity index (χ2v) is 7.90. The molecule has 1 heterocycles. The highest BCUT2D eigenvalue weighted by Crippen LogP contribution is 2.29. The maximum Gasteiger partial charge on any atom is 0.342 e. The number of methoxy groups -OCH3 is 1. The molecule has 1 aromatic carbocycles. The summed E-state index contributed by atoms with van der Waals surface area (Å²) < 4.78 is 33.0. The highest BCUT2D eigenvalue weighted by atomic mass is 32.2. The summed E-state index contributed by atoms with van der Waals surface area (Å²) >= 11 is 0. The number of aromatic hydroxyl groups is 1. The molecule has 0 unspecified atom stereocenters. The Kier molecular flexibility index (Phi) is 5.89. The zero-order valence-corrected chi connectivity index (χ0v) is 14.9. The normalized spacial score (nSPS) is 18.6. The summed E-state index contributed by atoms with van der Waals surface area (Å²) in [6.45, 7) is 1.53. The number of phenolic OH excluding ortho intramolecular Hbond substituents is 1. The van der Waals surface area contributed by atoms with Gasteiger partial charge in [-0.25, -0.2) is 13.2 Å². The Bertz CT molecular complexity index is 760. The second-order valence-electron chi connectivity index (χ2n) is 5.67. The van der Waals surface area contributed by atoms with Crippen molar-refractivity contribution in [3.63, 3.8) is 0 Å². The van der Waals surface area contributed by atoms with Gasteiger partial charge in [0.2, 0.25) is 0 Å². The van der Waals surface area contributed by atoms with Crippen LogP contribution in [0, 0.1) is 0 Å². The van der Waals surface area contributed by atoms with Crippen molar-refractivity contribution in [1.29, 1.82) is 0 Å². The van der Waals surface area contributed by atoms with Gasteiger partial charge in [-0.3, -0.25) is 4.79 Å². The standard InChI is InChI=1S/C16H21NO7S/c1-3-17(11-7-8-25(21,22)10-11)14(18)9-24-16(20)12-5-4-6-13(23-2)15(12)19/h4-6,11,19H,3,7-10H2,1-2H3/t11-/m1/s1. The first-order valence-electron chi connectivity index (χ1n) is 7.82. The fourth-order valence-corrected chi connectivity index (χ4v) is 4.53. The van der Waals surface area contributed by atoms with E-state index >= 15 is 0 Å². The molecule has 1 aromatic rings. The largest absolute Gasteiger partial charge is 0.504 e. The van der Waals surface area contributed by atoms with Crippen LogP contribution in [0.25, 0.3) is 0 Å². The topological polar surface area (TPSA) is 110 Å². The van der Waals surface area contributed by atoms with E-state index in [0.717, 1.165) is 0 Å². The van der Waals surface area contributed by atoms with E-state index in [-0.39, 0.29) is 28.6 Å². The van der Waals surface area contributed by atoms with E-state index in [0.29, 0.717) is 13.0 Å². The molecule has 0 spiro atoms. The Morgan fingerprint density at radius 2 is 2.08 bits per heavy atom. The summed E-state index contributed by atoms with van der Waals surface area (Å²) in [5, 5.41) is 9.92. The molecule has 1 aliphatic heterocycles. The summed E-state index contributed by atoms with van der Waals surface area (Å²) in [5.41, 5.74) is -0.112. The first kappa shape index (κ1) is 19.0. The van der Waals surface area contributed by atoms with Gasteiger partial charge in [0, 0.05) is 12.6 Å². The lowest BCUT2D eigenvalue weighted by Crippen LogP contribution is -2.43. The number of nitrogens with zero attached hydrogens (tertiary/aromatic N) is 1. The number of esters is 1. The van der Waals surface area contributed by atoms with Gasteiger partial charge in [0.1, 0.15) is 5.56 Å². The average Bonchev–Trinajstić information content (AvgIpc) is 2.93. The zero-order chi connectivity index (χ0) is 18.6. The van der Waals surface area contributed by atoms with Crippen LogP contribution in [0.2, 0.25) is 0 Å². The third-order valence-electron chi connectivity index (χ3n) is 4.08. The van der Waals surface area contributed by atoms with Gasteiger partial charge in [0.05, 0.1) is 18.6 Å². The molecule has 1 N–H and O–H groups in total. The SMILES string of the molecule is CCN(C(=O)COC(=O)c1cccc(OC)c1O)[C@@H]1CCS(=O)(=O)C1. The smallest absolute Gasteiger partial charge is 0.342 e. The van der Waals surface area contributed by atoms with E-state index in [1.165, 1.54) is 30.2 Å². The third kappa shape index (κ3) is 4.41. The van der Waals surface area contributed by atoms with Crippen molar-refractivity contribution in [2.24, 2.45) is 0 Å². The van der Waals surface area contributed by atoms with Crippen molar-refractivity contribution in [1.82, 2.24) is 4.90 Å². The fourth-order valence-electron chi connectivity index (χ4n) is 2.80. The Labute approximate surface area is 146 Å². The van der Waals surface area contributed by atoms with Gasteiger partial charge in [-0.05, 0) is 25.5 Å². The summed E-state index contributed by atoms with van der Waals surface area (Å²) in [6.07, 6.45) is 0.381. The molecule has 9 heteroatoms. The lowest BCUT2D eigenvalue weighted by atomic mass is 10.2. The summed E-state index contributed by atoms with van der Waals surface area (Å²) in [6, 6.07) is 3.95. The number of likely N-dealkylation sites (N-methyl/N-ethyl adjacent to an activating group) is 1. The highest BCUT2D eigenvalue weighted by molar-refractivity contribution is 7.91. The Balaban J connectivity index is 2.00. The molecule has 1 aliphatic rings. The molecule has 2 rings (SSSR count). The van der Waals surface area contributed by atoms with Crippen LogP contribution >= 0.6 is 0 Å². The van der Waals surface area contributed by atoms with Crippen LogP contribution in [0.4, 0.5) is 0 Å². The van der Waals surface area contributed by atoms with Crippen LogP contribution < -0.4 is 4.74 Å². The van der Waals surface area contributed by atoms with E-state index in [1.54, 1.807) is 6.92 Å². The number of phenols is 1. The summed E-state index contributed by atoms with van der Waals surface area (Å²) in [4.78, 5) is 25.8. The molecule has 0 bridgehead atoms. The third-order valence-corrected chi connectivity index (χ3v) is 5.83. The number of carbonyl (C=O) groups is 2. The van der Waals surface area contributed by atoms with Gasteiger partial charge in [-0.2, -0.15) is 0 Å². The van der Waals surface area contributed by atoms with E-state index < -0.39 is 34.4 Å². The van der Waals surface area contributed by atoms with Crippen LogP contribution in [0.1, 0.15) is 23.7 Å². The van der Waals surface area contributed by atoms with Crippen molar-refractivity contribution >= 4 is 21.7 Å². The van der Waals surface area contributed by atoms with E-state index in [4.69, 9.17) is 9.47 Å². The maximum atomic E-state index is 12.3. The van der Waals surface area contributed by atoms with Crippen LogP contribution in [0.15, 0.2) is 18.2 Å². The molecular formula is C16H21NO7S. The molecule has 0 radical (unpaired) electrons. The van der Waals surface area contributed by atoms with Gasteiger partial charge in [0.25, 0.3) is 5.91 Å². The quantitative estimate of drug-likeness (QED) is 0.729. The second kappa shape index (κ2) is 7.73. The monoisotopic (exact) mass is 371 g/mol. The highest BCUT2D eigenvalue weighted by Gasteiger charge is 2.34. The van der Waals surface area contributed by atoms with E-state index in [9.17, 15) is 23.1 Å². The number of benzene rings is 1. The minimum Gasteiger partial charge on any atom is -0.504 e. The first-order valence-corrected chi connectivity index (χ1v) is 9.64. The minimum absolute atomic E-state index is 0.0545. The van der Waals surface area contributed by atoms with Crippen molar-refractivity contribution in [2.45, 2.75) is 19.4 Å². The fraction of sp³-hybridized carbons (Fsp3) is 0.500. The molecule has 1 fully saturated rings.